The normalized spacial score (nSPS) is 23.3. The number of ether oxygens (including phenoxy) is 1. The van der Waals surface area contributed by atoms with Crippen LogP contribution in [0.25, 0.3) is 0 Å². The third-order valence-electron chi connectivity index (χ3n) is 6.26. The molecule has 3 heterocycles. The molecule has 156 valence electrons. The first-order chi connectivity index (χ1) is 13.9. The fourth-order valence-corrected chi connectivity index (χ4v) is 5.63. The number of benzene rings is 1. The van der Waals surface area contributed by atoms with E-state index in [2.05, 4.69) is 23.7 Å². The van der Waals surface area contributed by atoms with E-state index in [-0.39, 0.29) is 12.0 Å². The summed E-state index contributed by atoms with van der Waals surface area (Å²) in [5.74, 6) is 1.67. The number of piperidine rings is 1. The predicted octanol–water partition coefficient (Wildman–Crippen LogP) is 4.15. The Labute approximate surface area is 177 Å². The zero-order valence-corrected chi connectivity index (χ0v) is 18.6. The first-order valence-electron chi connectivity index (χ1n) is 10.6. The van der Waals surface area contributed by atoms with E-state index in [4.69, 9.17) is 4.74 Å². The Balaban J connectivity index is 1.40. The second kappa shape index (κ2) is 8.44. The summed E-state index contributed by atoms with van der Waals surface area (Å²) < 4.78 is 6.33. The Morgan fingerprint density at radius 3 is 2.45 bits per heavy atom. The lowest BCUT2D eigenvalue weighted by Gasteiger charge is -2.54. The third kappa shape index (κ3) is 4.19. The van der Waals surface area contributed by atoms with Gasteiger partial charge in [0.25, 0.3) is 5.91 Å². The van der Waals surface area contributed by atoms with Crippen molar-refractivity contribution in [2.75, 3.05) is 19.6 Å². The molecule has 2 saturated heterocycles. The highest BCUT2D eigenvalue weighted by Crippen LogP contribution is 2.36. The number of hydrogen-bond donors (Lipinski definition) is 0. The number of aromatic nitrogens is 1. The largest absolute Gasteiger partial charge is 0.487 e. The fourth-order valence-electron chi connectivity index (χ4n) is 4.74. The molecular formula is C23H31N3O2S. The molecule has 0 radical (unpaired) electrons. The number of thiazole rings is 1. The minimum Gasteiger partial charge on any atom is -0.487 e. The molecular weight excluding hydrogens is 382 g/mol. The number of nitrogens with zero attached hydrogens (tertiary/aromatic N) is 3. The van der Waals surface area contributed by atoms with E-state index in [0.717, 1.165) is 53.8 Å². The molecule has 1 amide bonds. The zero-order chi connectivity index (χ0) is 20.5. The van der Waals surface area contributed by atoms with Crippen molar-refractivity contribution >= 4 is 17.2 Å². The number of hydrogen-bond acceptors (Lipinski definition) is 5. The third-order valence-corrected chi connectivity index (χ3v) is 7.32. The van der Waals surface area contributed by atoms with Gasteiger partial charge in [0.2, 0.25) is 0 Å². The molecule has 0 spiro atoms. The first kappa shape index (κ1) is 20.4. The van der Waals surface area contributed by atoms with E-state index >= 15 is 0 Å². The lowest BCUT2D eigenvalue weighted by atomic mass is 9.79. The SMILES string of the molecule is Cc1nc(C)c(C(=O)N2CCC([C@H]3[C@@H](Oc4ccccc4)CN3C(C)C)CC2)s1. The van der Waals surface area contributed by atoms with Crippen LogP contribution in [0.5, 0.6) is 5.75 Å². The summed E-state index contributed by atoms with van der Waals surface area (Å²) in [6.07, 6.45) is 2.30. The summed E-state index contributed by atoms with van der Waals surface area (Å²) in [7, 11) is 0. The fraction of sp³-hybridized carbons (Fsp3) is 0.565. The van der Waals surface area contributed by atoms with Crippen LogP contribution in [0.4, 0.5) is 0 Å². The Morgan fingerprint density at radius 1 is 1.17 bits per heavy atom. The molecule has 29 heavy (non-hydrogen) atoms. The highest BCUT2D eigenvalue weighted by molar-refractivity contribution is 7.13. The van der Waals surface area contributed by atoms with E-state index < -0.39 is 0 Å². The van der Waals surface area contributed by atoms with Crippen LogP contribution in [0, 0.1) is 19.8 Å². The minimum atomic E-state index is 0.151. The molecule has 4 rings (SSSR count). The van der Waals surface area contributed by atoms with Crippen molar-refractivity contribution in [3.63, 3.8) is 0 Å². The summed E-state index contributed by atoms with van der Waals surface area (Å²) in [5.41, 5.74) is 0.862. The summed E-state index contributed by atoms with van der Waals surface area (Å²) in [6, 6.07) is 11.1. The number of aryl methyl sites for hydroxylation is 2. The average molecular weight is 414 g/mol. The van der Waals surface area contributed by atoms with Crippen molar-refractivity contribution in [3.8, 4) is 5.75 Å². The van der Waals surface area contributed by atoms with Crippen LogP contribution >= 0.6 is 11.3 Å². The molecule has 1 aromatic carbocycles. The van der Waals surface area contributed by atoms with Gasteiger partial charge in [-0.1, -0.05) is 18.2 Å². The maximum absolute atomic E-state index is 12.9. The maximum atomic E-state index is 12.9. The van der Waals surface area contributed by atoms with Crippen LogP contribution in [0.15, 0.2) is 30.3 Å². The second-order valence-corrected chi connectivity index (χ2v) is 9.73. The van der Waals surface area contributed by atoms with Gasteiger partial charge in [-0.3, -0.25) is 9.69 Å². The molecule has 0 bridgehead atoms. The standard InChI is InChI=1S/C23H31N3O2S/c1-15(2)26-14-20(28-19-8-6-5-7-9-19)21(26)18-10-12-25(13-11-18)23(27)22-16(3)24-17(4)29-22/h5-9,15,18,20-21H,10-14H2,1-4H3/t20-,21-/m0/s1. The van der Waals surface area contributed by atoms with Gasteiger partial charge >= 0.3 is 0 Å². The number of rotatable bonds is 5. The number of amides is 1. The van der Waals surface area contributed by atoms with Crippen LogP contribution in [0.2, 0.25) is 0 Å². The van der Waals surface area contributed by atoms with Gasteiger partial charge in [-0.15, -0.1) is 11.3 Å². The molecule has 2 fully saturated rings. The van der Waals surface area contributed by atoms with Gasteiger partial charge in [-0.2, -0.15) is 0 Å². The molecule has 2 atom stereocenters. The highest BCUT2D eigenvalue weighted by Gasteiger charge is 2.47. The molecule has 0 aliphatic carbocycles. The Morgan fingerprint density at radius 2 is 1.86 bits per heavy atom. The first-order valence-corrected chi connectivity index (χ1v) is 11.5. The number of carbonyl (C=O) groups excluding carboxylic acids is 1. The molecule has 5 nitrogen and oxygen atoms in total. The Hall–Kier alpha value is -1.92. The molecule has 1 aromatic heterocycles. The molecule has 0 saturated carbocycles. The number of likely N-dealkylation sites (tertiary alicyclic amines) is 2. The number of carbonyl (C=O) groups is 1. The van der Waals surface area contributed by atoms with Crippen LogP contribution in [0.1, 0.15) is 47.1 Å². The van der Waals surface area contributed by atoms with Gasteiger partial charge in [0, 0.05) is 25.7 Å². The topological polar surface area (TPSA) is 45.7 Å². The van der Waals surface area contributed by atoms with Crippen molar-refractivity contribution in [1.82, 2.24) is 14.8 Å². The molecule has 0 N–H and O–H groups in total. The number of para-hydroxylation sites is 1. The van der Waals surface area contributed by atoms with Crippen molar-refractivity contribution < 1.29 is 9.53 Å². The van der Waals surface area contributed by atoms with Crippen molar-refractivity contribution in [2.45, 2.75) is 58.7 Å². The van der Waals surface area contributed by atoms with Crippen molar-refractivity contribution in [3.05, 3.63) is 45.9 Å². The van der Waals surface area contributed by atoms with E-state index in [9.17, 15) is 4.79 Å². The Bertz CT molecular complexity index is 843. The average Bonchev–Trinajstić information content (AvgIpc) is 3.03. The van der Waals surface area contributed by atoms with Crippen molar-refractivity contribution in [2.24, 2.45) is 5.92 Å². The predicted molar refractivity (Wildman–Crippen MR) is 117 cm³/mol. The lowest BCUT2D eigenvalue weighted by Crippen LogP contribution is -2.68. The summed E-state index contributed by atoms with van der Waals surface area (Å²) in [5, 5.41) is 0.962. The van der Waals surface area contributed by atoms with Gasteiger partial charge in [-0.05, 0) is 58.6 Å². The zero-order valence-electron chi connectivity index (χ0n) is 17.8. The van der Waals surface area contributed by atoms with E-state index in [1.165, 1.54) is 11.3 Å². The summed E-state index contributed by atoms with van der Waals surface area (Å²) in [4.78, 5) is 22.7. The monoisotopic (exact) mass is 413 g/mol. The molecule has 2 aliphatic heterocycles. The summed E-state index contributed by atoms with van der Waals surface area (Å²) >= 11 is 1.51. The van der Waals surface area contributed by atoms with Crippen molar-refractivity contribution in [1.29, 1.82) is 0 Å². The highest BCUT2D eigenvalue weighted by atomic mass is 32.1. The van der Waals surface area contributed by atoms with Crippen LogP contribution < -0.4 is 4.74 Å². The Kier molecular flexibility index (Phi) is 5.93. The summed E-state index contributed by atoms with van der Waals surface area (Å²) in [6.45, 7) is 11.0. The van der Waals surface area contributed by atoms with Gasteiger partial charge in [-0.25, -0.2) is 4.98 Å². The van der Waals surface area contributed by atoms with Gasteiger partial charge in [0.05, 0.1) is 16.7 Å². The second-order valence-electron chi connectivity index (χ2n) is 8.53. The van der Waals surface area contributed by atoms with E-state index in [1.807, 2.05) is 49.1 Å². The smallest absolute Gasteiger partial charge is 0.265 e. The quantitative estimate of drug-likeness (QED) is 0.739. The molecule has 6 heteroatoms. The minimum absolute atomic E-state index is 0.151. The molecule has 0 unspecified atom stereocenters. The molecule has 2 aromatic rings. The lowest BCUT2D eigenvalue weighted by molar-refractivity contribution is -0.0983. The van der Waals surface area contributed by atoms with Crippen LogP contribution in [0.3, 0.4) is 0 Å². The van der Waals surface area contributed by atoms with Gasteiger partial charge in [0.15, 0.2) is 0 Å². The van der Waals surface area contributed by atoms with Gasteiger partial charge in [0.1, 0.15) is 16.7 Å². The van der Waals surface area contributed by atoms with E-state index in [0.29, 0.717) is 18.0 Å². The van der Waals surface area contributed by atoms with E-state index in [1.54, 1.807) is 0 Å². The maximum Gasteiger partial charge on any atom is 0.265 e. The van der Waals surface area contributed by atoms with Gasteiger partial charge < -0.3 is 9.64 Å². The molecule has 2 aliphatic rings. The van der Waals surface area contributed by atoms with Crippen LogP contribution in [-0.4, -0.2) is 58.5 Å². The van der Waals surface area contributed by atoms with Crippen LogP contribution in [-0.2, 0) is 0 Å².